The summed E-state index contributed by atoms with van der Waals surface area (Å²) in [6, 6.07) is 5.82. The number of aliphatic hydroxyl groups is 1. The van der Waals surface area contributed by atoms with Crippen LogP contribution in [0.1, 0.15) is 32.3 Å². The topological polar surface area (TPSA) is 96.9 Å². The Labute approximate surface area is 158 Å². The minimum Gasteiger partial charge on any atom is -0.445 e. The van der Waals surface area contributed by atoms with Crippen LogP contribution in [0, 0.1) is 5.92 Å². The maximum absolute atomic E-state index is 12.5. The van der Waals surface area contributed by atoms with Crippen molar-refractivity contribution in [1.82, 2.24) is 10.6 Å². The van der Waals surface area contributed by atoms with E-state index >= 15 is 0 Å². The first-order chi connectivity index (χ1) is 12.4. The number of amides is 2. The smallest absolute Gasteiger partial charge is 0.408 e. The molecule has 0 spiro atoms. The minimum atomic E-state index is -1.02. The normalized spacial score (nSPS) is 20.7. The van der Waals surface area contributed by atoms with Crippen LogP contribution in [0.4, 0.5) is 4.79 Å². The van der Waals surface area contributed by atoms with Crippen LogP contribution in [0.2, 0.25) is 5.02 Å². The monoisotopic (exact) mass is 384 g/mol. The molecule has 1 heterocycles. The molecule has 1 fully saturated rings. The van der Waals surface area contributed by atoms with E-state index in [1.807, 2.05) is 13.8 Å². The number of rotatable bonds is 7. The van der Waals surface area contributed by atoms with Crippen molar-refractivity contribution in [3.63, 3.8) is 0 Å². The molecule has 3 unspecified atom stereocenters. The number of alkyl carbamates (subject to hydrolysis) is 1. The molecule has 3 N–H and O–H groups in total. The van der Waals surface area contributed by atoms with Crippen LogP contribution in [-0.2, 0) is 20.9 Å². The molecule has 0 saturated carbocycles. The van der Waals surface area contributed by atoms with E-state index in [0.29, 0.717) is 30.0 Å². The van der Waals surface area contributed by atoms with Crippen LogP contribution in [0.25, 0.3) is 0 Å². The predicted octanol–water partition coefficient (Wildman–Crippen LogP) is 2.20. The Hall–Kier alpha value is -1.83. The molecule has 0 aliphatic carbocycles. The Morgan fingerprint density at radius 1 is 1.38 bits per heavy atom. The molecule has 26 heavy (non-hydrogen) atoms. The molecule has 7 nitrogen and oxygen atoms in total. The van der Waals surface area contributed by atoms with Gasteiger partial charge in [0.25, 0.3) is 0 Å². The lowest BCUT2D eigenvalue weighted by Gasteiger charge is -2.23. The summed E-state index contributed by atoms with van der Waals surface area (Å²) in [5.41, 5.74) is 0.681. The van der Waals surface area contributed by atoms with E-state index < -0.39 is 24.5 Å². The zero-order valence-corrected chi connectivity index (χ0v) is 15.7. The maximum atomic E-state index is 12.5. The van der Waals surface area contributed by atoms with Crippen molar-refractivity contribution in [1.29, 1.82) is 0 Å². The van der Waals surface area contributed by atoms with Gasteiger partial charge in [-0.3, -0.25) is 4.79 Å². The van der Waals surface area contributed by atoms with Gasteiger partial charge in [-0.05, 0) is 24.8 Å². The summed E-state index contributed by atoms with van der Waals surface area (Å²) in [7, 11) is 0. The van der Waals surface area contributed by atoms with Crippen molar-refractivity contribution in [2.24, 2.45) is 5.92 Å². The fourth-order valence-corrected chi connectivity index (χ4v) is 2.84. The molecule has 8 heteroatoms. The molecule has 2 rings (SSSR count). The standard InChI is InChI=1S/C18H25ClN2O5/c1-11(2)9-15(16(22)20-14-7-8-25-17(14)23)21-18(24)26-10-12-5-3-4-6-13(12)19/h3-6,11,14-15,17,23H,7-10H2,1-2H3,(H,20,22)(H,21,24). The van der Waals surface area contributed by atoms with Crippen LogP contribution < -0.4 is 10.6 Å². The fourth-order valence-electron chi connectivity index (χ4n) is 2.65. The lowest BCUT2D eigenvalue weighted by molar-refractivity contribution is -0.127. The Kier molecular flexibility index (Phi) is 7.68. The number of carbonyl (C=O) groups excluding carboxylic acids is 2. The summed E-state index contributed by atoms with van der Waals surface area (Å²) in [6.07, 6.45) is -0.755. The second-order valence-corrected chi connectivity index (χ2v) is 7.07. The highest BCUT2D eigenvalue weighted by Gasteiger charge is 2.31. The molecule has 2 amide bonds. The highest BCUT2D eigenvalue weighted by atomic mass is 35.5. The van der Waals surface area contributed by atoms with Gasteiger partial charge in [-0.2, -0.15) is 0 Å². The van der Waals surface area contributed by atoms with Crippen molar-refractivity contribution in [3.05, 3.63) is 34.9 Å². The van der Waals surface area contributed by atoms with Gasteiger partial charge in [-0.1, -0.05) is 43.6 Å². The number of hydrogen-bond acceptors (Lipinski definition) is 5. The van der Waals surface area contributed by atoms with Gasteiger partial charge in [0.15, 0.2) is 6.29 Å². The van der Waals surface area contributed by atoms with E-state index in [2.05, 4.69) is 10.6 Å². The molecule has 1 aliphatic heterocycles. The summed E-state index contributed by atoms with van der Waals surface area (Å²) in [5, 5.41) is 15.5. The quantitative estimate of drug-likeness (QED) is 0.669. The zero-order chi connectivity index (χ0) is 19.1. The molecule has 0 aromatic heterocycles. The van der Waals surface area contributed by atoms with Crippen molar-refractivity contribution < 1.29 is 24.2 Å². The van der Waals surface area contributed by atoms with E-state index in [0.717, 1.165) is 0 Å². The van der Waals surface area contributed by atoms with E-state index in [4.69, 9.17) is 21.1 Å². The first-order valence-electron chi connectivity index (χ1n) is 8.63. The molecule has 0 radical (unpaired) electrons. The molecular weight excluding hydrogens is 360 g/mol. The lowest BCUT2D eigenvalue weighted by atomic mass is 10.0. The molecule has 1 aromatic carbocycles. The van der Waals surface area contributed by atoms with Crippen molar-refractivity contribution in [3.8, 4) is 0 Å². The van der Waals surface area contributed by atoms with Gasteiger partial charge >= 0.3 is 6.09 Å². The van der Waals surface area contributed by atoms with Gasteiger partial charge in [0.1, 0.15) is 12.6 Å². The second-order valence-electron chi connectivity index (χ2n) is 6.66. The van der Waals surface area contributed by atoms with E-state index in [9.17, 15) is 14.7 Å². The van der Waals surface area contributed by atoms with Gasteiger partial charge in [0.05, 0.1) is 12.6 Å². The van der Waals surface area contributed by atoms with Crippen molar-refractivity contribution in [2.75, 3.05) is 6.61 Å². The Bertz CT molecular complexity index is 625. The average Bonchev–Trinajstić information content (AvgIpc) is 2.98. The molecule has 0 bridgehead atoms. The Balaban J connectivity index is 1.90. The number of ether oxygens (including phenoxy) is 2. The number of nitrogens with one attached hydrogen (secondary N) is 2. The molecule has 144 valence electrons. The number of hydrogen-bond donors (Lipinski definition) is 3. The molecular formula is C18H25ClN2O5. The average molecular weight is 385 g/mol. The van der Waals surface area contributed by atoms with E-state index in [1.165, 1.54) is 0 Å². The third kappa shape index (κ3) is 6.16. The summed E-state index contributed by atoms with van der Waals surface area (Å²) < 4.78 is 10.2. The van der Waals surface area contributed by atoms with Gasteiger partial charge in [0, 0.05) is 10.6 Å². The van der Waals surface area contributed by atoms with Gasteiger partial charge in [-0.15, -0.1) is 0 Å². The third-order valence-electron chi connectivity index (χ3n) is 4.02. The highest BCUT2D eigenvalue weighted by Crippen LogP contribution is 2.16. The van der Waals surface area contributed by atoms with Crippen molar-refractivity contribution >= 4 is 23.6 Å². The largest absolute Gasteiger partial charge is 0.445 e. The summed E-state index contributed by atoms with van der Waals surface area (Å²) in [4.78, 5) is 24.6. The number of halogens is 1. The van der Waals surface area contributed by atoms with Crippen LogP contribution in [0.15, 0.2) is 24.3 Å². The van der Waals surface area contributed by atoms with Gasteiger partial charge in [-0.25, -0.2) is 4.79 Å². The molecule has 1 aromatic rings. The first kappa shape index (κ1) is 20.5. The number of aliphatic hydroxyl groups excluding tert-OH is 1. The molecule has 3 atom stereocenters. The van der Waals surface area contributed by atoms with Gasteiger partial charge in [0.2, 0.25) is 5.91 Å². The number of carbonyl (C=O) groups is 2. The third-order valence-corrected chi connectivity index (χ3v) is 4.39. The summed E-state index contributed by atoms with van der Waals surface area (Å²) in [5.74, 6) is -0.192. The van der Waals surface area contributed by atoms with E-state index in [1.54, 1.807) is 24.3 Å². The summed E-state index contributed by atoms with van der Waals surface area (Å²) in [6.45, 7) is 4.29. The molecule has 1 aliphatic rings. The minimum absolute atomic E-state index is 0.0106. The Morgan fingerprint density at radius 2 is 2.12 bits per heavy atom. The summed E-state index contributed by atoms with van der Waals surface area (Å²) >= 11 is 6.03. The number of benzene rings is 1. The maximum Gasteiger partial charge on any atom is 0.408 e. The van der Waals surface area contributed by atoms with Crippen LogP contribution in [0.5, 0.6) is 0 Å². The van der Waals surface area contributed by atoms with E-state index in [-0.39, 0.29) is 18.4 Å². The van der Waals surface area contributed by atoms with Crippen molar-refractivity contribution in [2.45, 2.75) is 51.7 Å². The Morgan fingerprint density at radius 3 is 2.73 bits per heavy atom. The predicted molar refractivity (Wildman–Crippen MR) is 96.5 cm³/mol. The zero-order valence-electron chi connectivity index (χ0n) is 14.9. The first-order valence-corrected chi connectivity index (χ1v) is 9.01. The van der Waals surface area contributed by atoms with Crippen LogP contribution in [-0.4, -0.2) is 42.1 Å². The lowest BCUT2D eigenvalue weighted by Crippen LogP contribution is -2.51. The second kappa shape index (κ2) is 9.75. The SMILES string of the molecule is CC(C)CC(NC(=O)OCc1ccccc1Cl)C(=O)NC1CCOC1O. The highest BCUT2D eigenvalue weighted by molar-refractivity contribution is 6.31. The van der Waals surface area contributed by atoms with Gasteiger partial charge < -0.3 is 25.2 Å². The van der Waals surface area contributed by atoms with Crippen LogP contribution >= 0.6 is 11.6 Å². The fraction of sp³-hybridized carbons (Fsp3) is 0.556. The molecule has 1 saturated heterocycles. The van der Waals surface area contributed by atoms with Crippen LogP contribution in [0.3, 0.4) is 0 Å².